The van der Waals surface area contributed by atoms with E-state index in [4.69, 9.17) is 9.84 Å². The van der Waals surface area contributed by atoms with Crippen LogP contribution in [0.3, 0.4) is 0 Å². The van der Waals surface area contributed by atoms with Crippen LogP contribution >= 0.6 is 23.5 Å². The molecule has 2 amide bonds. The van der Waals surface area contributed by atoms with Crippen molar-refractivity contribution >= 4 is 62.7 Å². The van der Waals surface area contributed by atoms with Gasteiger partial charge in [0.15, 0.2) is 6.61 Å². The number of nitrogens with zero attached hydrogens (tertiary/aromatic N) is 1. The van der Waals surface area contributed by atoms with Crippen molar-refractivity contribution in [2.75, 3.05) is 42.4 Å². The highest BCUT2D eigenvalue weighted by molar-refractivity contribution is 8.00. The Bertz CT molecular complexity index is 1720. The Balaban J connectivity index is 1.62. The molecule has 276 valence electrons. The maximum Gasteiger partial charge on any atom is 0.313 e. The van der Waals surface area contributed by atoms with Gasteiger partial charge in [-0.1, -0.05) is 88.1 Å². The number of anilines is 2. The number of fused-ring (bicyclic) bond motifs is 1. The SMILES string of the molecule is CCCCC1(CCCC)CN(c2ccccc2)c2cc(SC)c(OCC(=O)N[C@@H](C(=O)NCCSCC(=O)O)c3ccccc3)cc2S(=O)(=O)N1. The van der Waals surface area contributed by atoms with Gasteiger partial charge in [0.25, 0.3) is 5.91 Å². The van der Waals surface area contributed by atoms with Crippen LogP contribution in [0.5, 0.6) is 5.75 Å². The second-order valence-electron chi connectivity index (χ2n) is 12.4. The van der Waals surface area contributed by atoms with Gasteiger partial charge in [-0.05, 0) is 42.9 Å². The molecule has 1 aliphatic heterocycles. The Morgan fingerprint density at radius 1 is 1.00 bits per heavy atom. The summed E-state index contributed by atoms with van der Waals surface area (Å²) in [5.41, 5.74) is 1.28. The fraction of sp³-hybridized carbons (Fsp3) is 0.432. The van der Waals surface area contributed by atoms with Crippen LogP contribution in [-0.2, 0) is 24.4 Å². The number of amides is 2. The number of benzene rings is 3. The summed E-state index contributed by atoms with van der Waals surface area (Å²) in [7, 11) is -4.03. The number of nitrogens with one attached hydrogen (secondary N) is 3. The first kappa shape index (κ1) is 40.1. The van der Waals surface area contributed by atoms with Gasteiger partial charge in [-0.15, -0.1) is 23.5 Å². The predicted octanol–water partition coefficient (Wildman–Crippen LogP) is 6.13. The van der Waals surface area contributed by atoms with Gasteiger partial charge in [-0.2, -0.15) is 0 Å². The standard InChI is InChI=1S/C37H48N4O7S3/c1-4-6-18-37(19-7-5-2)26-41(28-16-12-9-13-17-28)29-22-31(49-3)30(23-32(29)51(46,47)40-37)48-24-33(42)39-35(27-14-10-8-11-15-27)36(45)38-20-21-50-25-34(43)44/h8-17,22-23,35,40H,4-7,18-21,24-26H2,1-3H3,(H,38,45)(H,39,42)(H,43,44)/t35-/m1/s1. The predicted molar refractivity (Wildman–Crippen MR) is 205 cm³/mol. The van der Waals surface area contributed by atoms with E-state index in [1.165, 1.54) is 29.6 Å². The average Bonchev–Trinajstić information content (AvgIpc) is 3.22. The van der Waals surface area contributed by atoms with Gasteiger partial charge in [0, 0.05) is 30.6 Å². The van der Waals surface area contributed by atoms with E-state index < -0.39 is 46.0 Å². The van der Waals surface area contributed by atoms with Crippen molar-refractivity contribution in [2.45, 2.75) is 73.7 Å². The normalized spacial score (nSPS) is 15.2. The van der Waals surface area contributed by atoms with Gasteiger partial charge in [-0.25, -0.2) is 13.1 Å². The van der Waals surface area contributed by atoms with Crippen molar-refractivity contribution in [3.05, 3.63) is 78.4 Å². The fourth-order valence-corrected chi connectivity index (χ4v) is 8.81. The van der Waals surface area contributed by atoms with Crippen molar-refractivity contribution in [1.29, 1.82) is 0 Å². The molecule has 1 heterocycles. The molecular formula is C37H48N4O7S3. The highest BCUT2D eigenvalue weighted by Gasteiger charge is 2.42. The molecule has 4 rings (SSSR count). The molecule has 0 spiro atoms. The second-order valence-corrected chi connectivity index (χ2v) is 16.0. The first-order valence-corrected chi connectivity index (χ1v) is 21.0. The molecule has 11 nitrogen and oxygen atoms in total. The number of sulfonamides is 1. The number of hydrogen-bond donors (Lipinski definition) is 4. The zero-order chi connectivity index (χ0) is 36.9. The van der Waals surface area contributed by atoms with Crippen LogP contribution in [-0.4, -0.2) is 74.3 Å². The molecule has 0 saturated carbocycles. The van der Waals surface area contributed by atoms with Crippen molar-refractivity contribution in [1.82, 2.24) is 15.4 Å². The molecular weight excluding hydrogens is 709 g/mol. The van der Waals surface area contributed by atoms with Gasteiger partial charge >= 0.3 is 5.97 Å². The molecule has 51 heavy (non-hydrogen) atoms. The van der Waals surface area contributed by atoms with Gasteiger partial charge < -0.3 is 25.4 Å². The quantitative estimate of drug-likeness (QED) is 0.0830. The Hall–Kier alpha value is -3.72. The number of carbonyl (C=O) groups excluding carboxylic acids is 2. The summed E-state index contributed by atoms with van der Waals surface area (Å²) in [6, 6.07) is 20.8. The molecule has 1 atom stereocenters. The molecule has 0 radical (unpaired) electrons. The number of carboxylic acids is 1. The van der Waals surface area contributed by atoms with Gasteiger partial charge in [0.05, 0.1) is 21.9 Å². The number of thioether (sulfide) groups is 2. The number of hydrogen-bond acceptors (Lipinski definition) is 9. The van der Waals surface area contributed by atoms with Crippen LogP contribution < -0.4 is 25.0 Å². The number of ether oxygens (including phenoxy) is 1. The number of carbonyl (C=O) groups is 3. The number of carboxylic acid groups (broad SMARTS) is 1. The lowest BCUT2D eigenvalue weighted by Crippen LogP contribution is -2.53. The van der Waals surface area contributed by atoms with E-state index >= 15 is 0 Å². The summed E-state index contributed by atoms with van der Waals surface area (Å²) in [5.74, 6) is -1.41. The molecule has 3 aromatic rings. The van der Waals surface area contributed by atoms with Gasteiger partial charge in [-0.3, -0.25) is 14.4 Å². The molecule has 0 bridgehead atoms. The number of unbranched alkanes of at least 4 members (excludes halogenated alkanes) is 2. The molecule has 14 heteroatoms. The van der Waals surface area contributed by atoms with Crippen LogP contribution in [0, 0.1) is 0 Å². The summed E-state index contributed by atoms with van der Waals surface area (Å²) >= 11 is 2.56. The Morgan fingerprint density at radius 3 is 2.25 bits per heavy atom. The highest BCUT2D eigenvalue weighted by Crippen LogP contribution is 2.44. The molecule has 4 N–H and O–H groups in total. The minimum absolute atomic E-state index is 0.0664. The van der Waals surface area contributed by atoms with Crippen molar-refractivity contribution < 1.29 is 32.6 Å². The van der Waals surface area contributed by atoms with Crippen molar-refractivity contribution in [3.8, 4) is 5.75 Å². The summed E-state index contributed by atoms with van der Waals surface area (Å²) in [6.45, 7) is 4.42. The van der Waals surface area contributed by atoms with E-state index in [-0.39, 0.29) is 22.9 Å². The zero-order valence-corrected chi connectivity index (χ0v) is 31.8. The number of rotatable bonds is 19. The van der Waals surface area contributed by atoms with Crippen LogP contribution in [0.25, 0.3) is 0 Å². The van der Waals surface area contributed by atoms with E-state index in [1.54, 1.807) is 30.3 Å². The topological polar surface area (TPSA) is 154 Å². The number of aliphatic carboxylic acids is 1. The zero-order valence-electron chi connectivity index (χ0n) is 29.4. The Labute approximate surface area is 309 Å². The first-order valence-electron chi connectivity index (χ1n) is 17.2. The summed E-state index contributed by atoms with van der Waals surface area (Å²) in [6.07, 6.45) is 6.86. The maximum atomic E-state index is 14.3. The monoisotopic (exact) mass is 756 g/mol. The first-order chi connectivity index (χ1) is 24.5. The summed E-state index contributed by atoms with van der Waals surface area (Å²) < 4.78 is 37.7. The van der Waals surface area contributed by atoms with Gasteiger partial charge in [0.1, 0.15) is 16.7 Å². The van der Waals surface area contributed by atoms with E-state index in [0.717, 1.165) is 31.4 Å². The minimum atomic E-state index is -4.03. The van der Waals surface area contributed by atoms with Crippen molar-refractivity contribution in [2.24, 2.45) is 0 Å². The Morgan fingerprint density at radius 2 is 1.65 bits per heavy atom. The third-order valence-corrected chi connectivity index (χ3v) is 11.9. The van der Waals surface area contributed by atoms with Crippen LogP contribution in [0.2, 0.25) is 0 Å². The van der Waals surface area contributed by atoms with E-state index in [0.29, 0.717) is 41.3 Å². The van der Waals surface area contributed by atoms with Gasteiger partial charge in [0.2, 0.25) is 15.9 Å². The third kappa shape index (κ3) is 11.1. The van der Waals surface area contributed by atoms with E-state index in [1.807, 2.05) is 42.7 Å². The fourth-order valence-electron chi connectivity index (χ4n) is 6.04. The van der Waals surface area contributed by atoms with Crippen LogP contribution in [0.4, 0.5) is 11.4 Å². The van der Waals surface area contributed by atoms with Crippen LogP contribution in [0.1, 0.15) is 64.0 Å². The molecule has 0 aromatic heterocycles. The molecule has 1 aliphatic rings. The smallest absolute Gasteiger partial charge is 0.313 e. The molecule has 0 unspecified atom stereocenters. The second kappa shape index (κ2) is 19.2. The highest BCUT2D eigenvalue weighted by atomic mass is 32.2. The lowest BCUT2D eigenvalue weighted by molar-refractivity contribution is -0.134. The van der Waals surface area contributed by atoms with Crippen LogP contribution in [0.15, 0.2) is 82.6 Å². The lowest BCUT2D eigenvalue weighted by Gasteiger charge is -2.37. The van der Waals surface area contributed by atoms with E-state index in [9.17, 15) is 22.8 Å². The molecule has 0 fully saturated rings. The maximum absolute atomic E-state index is 14.3. The average molecular weight is 757 g/mol. The molecule has 0 aliphatic carbocycles. The minimum Gasteiger partial charge on any atom is -0.483 e. The largest absolute Gasteiger partial charge is 0.483 e. The van der Waals surface area contributed by atoms with E-state index in [2.05, 4.69) is 34.1 Å². The lowest BCUT2D eigenvalue weighted by atomic mass is 9.87. The number of para-hydroxylation sites is 1. The van der Waals surface area contributed by atoms with Crippen molar-refractivity contribution in [3.63, 3.8) is 0 Å². The molecule has 3 aromatic carbocycles. The summed E-state index contributed by atoms with van der Waals surface area (Å²) in [4.78, 5) is 40.1. The summed E-state index contributed by atoms with van der Waals surface area (Å²) in [5, 5.41) is 14.4. The third-order valence-electron chi connectivity index (χ3n) is 8.55. The Kier molecular flexibility index (Phi) is 15.1. The molecule has 0 saturated heterocycles.